The molecule has 5 heteroatoms. The highest BCUT2D eigenvalue weighted by molar-refractivity contribution is 6.00. The number of nitrogens with one attached hydrogen (secondary N) is 1. The third-order valence-corrected chi connectivity index (χ3v) is 2.21. The Morgan fingerprint density at radius 1 is 1.53 bits per heavy atom. The summed E-state index contributed by atoms with van der Waals surface area (Å²) in [6, 6.07) is 4.98. The van der Waals surface area contributed by atoms with Crippen molar-refractivity contribution in [1.82, 2.24) is 5.32 Å². The highest BCUT2D eigenvalue weighted by Crippen LogP contribution is 2.24. The van der Waals surface area contributed by atoms with E-state index < -0.39 is 5.60 Å². The second kappa shape index (κ2) is 5.05. The average molecular weight is 238 g/mol. The molecule has 4 N–H and O–H groups in total. The van der Waals surface area contributed by atoms with Crippen molar-refractivity contribution in [3.8, 4) is 5.75 Å². The first-order chi connectivity index (χ1) is 7.85. The van der Waals surface area contributed by atoms with Crippen LogP contribution in [-0.4, -0.2) is 30.3 Å². The minimum atomic E-state index is -0.955. The number of nitrogen functional groups attached to an aromatic ring is 1. The lowest BCUT2D eigenvalue weighted by atomic mass is 10.1. The van der Waals surface area contributed by atoms with Gasteiger partial charge >= 0.3 is 0 Å². The van der Waals surface area contributed by atoms with E-state index in [-0.39, 0.29) is 12.5 Å². The Bertz CT molecular complexity index is 411. The molecule has 0 saturated carbocycles. The first-order valence-electron chi connectivity index (χ1n) is 5.28. The first kappa shape index (κ1) is 13.3. The molecule has 0 aliphatic rings. The maximum atomic E-state index is 11.8. The summed E-state index contributed by atoms with van der Waals surface area (Å²) < 4.78 is 5.03. The molecule has 5 nitrogen and oxygen atoms in total. The van der Waals surface area contributed by atoms with Gasteiger partial charge in [-0.3, -0.25) is 4.79 Å². The summed E-state index contributed by atoms with van der Waals surface area (Å²) in [4.78, 5) is 11.8. The lowest BCUT2D eigenvalue weighted by Crippen LogP contribution is -2.38. The van der Waals surface area contributed by atoms with Gasteiger partial charge < -0.3 is 20.9 Å². The van der Waals surface area contributed by atoms with E-state index in [0.29, 0.717) is 17.0 Å². The van der Waals surface area contributed by atoms with Crippen molar-refractivity contribution in [3.63, 3.8) is 0 Å². The van der Waals surface area contributed by atoms with Gasteiger partial charge in [0.05, 0.1) is 24.0 Å². The van der Waals surface area contributed by atoms with E-state index in [9.17, 15) is 9.90 Å². The largest absolute Gasteiger partial charge is 0.495 e. The van der Waals surface area contributed by atoms with Crippen LogP contribution in [0.5, 0.6) is 5.75 Å². The standard InChI is InChI=1S/C12H18N2O3/c1-12(2,16)7-14-11(15)8-5-4-6-9(17-3)10(8)13/h4-6,16H,7,13H2,1-3H3,(H,14,15). The zero-order valence-corrected chi connectivity index (χ0v) is 10.3. The summed E-state index contributed by atoms with van der Waals surface area (Å²) in [5.41, 5.74) is 5.47. The number of rotatable bonds is 4. The Morgan fingerprint density at radius 2 is 2.18 bits per heavy atom. The lowest BCUT2D eigenvalue weighted by molar-refractivity contribution is 0.0694. The summed E-state index contributed by atoms with van der Waals surface area (Å²) in [7, 11) is 1.49. The average Bonchev–Trinajstić information content (AvgIpc) is 2.25. The van der Waals surface area contributed by atoms with Crippen LogP contribution in [0.1, 0.15) is 24.2 Å². The van der Waals surface area contributed by atoms with Gasteiger partial charge in [-0.2, -0.15) is 0 Å². The van der Waals surface area contributed by atoms with Crippen molar-refractivity contribution < 1.29 is 14.6 Å². The Hall–Kier alpha value is -1.75. The van der Waals surface area contributed by atoms with Crippen molar-refractivity contribution in [3.05, 3.63) is 23.8 Å². The molecule has 1 amide bonds. The fraction of sp³-hybridized carbons (Fsp3) is 0.417. The number of methoxy groups -OCH3 is 1. The molecule has 1 aromatic rings. The Labute approximate surface area is 101 Å². The van der Waals surface area contributed by atoms with Crippen LogP contribution in [0.15, 0.2) is 18.2 Å². The number of amides is 1. The van der Waals surface area contributed by atoms with Gasteiger partial charge in [-0.1, -0.05) is 6.07 Å². The third kappa shape index (κ3) is 3.64. The molecule has 0 aliphatic carbocycles. The number of nitrogens with two attached hydrogens (primary N) is 1. The molecule has 0 spiro atoms. The summed E-state index contributed by atoms with van der Waals surface area (Å²) in [6.07, 6.45) is 0. The zero-order chi connectivity index (χ0) is 13.1. The van der Waals surface area contributed by atoms with E-state index in [1.54, 1.807) is 32.0 Å². The van der Waals surface area contributed by atoms with E-state index in [1.807, 2.05) is 0 Å². The minimum Gasteiger partial charge on any atom is -0.495 e. The molecule has 17 heavy (non-hydrogen) atoms. The molecule has 1 rings (SSSR count). The molecule has 1 aromatic carbocycles. The highest BCUT2D eigenvalue weighted by atomic mass is 16.5. The Morgan fingerprint density at radius 3 is 2.71 bits per heavy atom. The van der Waals surface area contributed by atoms with Gasteiger partial charge in [-0.25, -0.2) is 0 Å². The maximum absolute atomic E-state index is 11.8. The predicted octanol–water partition coefficient (Wildman–Crippen LogP) is 0.778. The number of para-hydroxylation sites is 1. The summed E-state index contributed by atoms with van der Waals surface area (Å²) in [5.74, 6) is 0.129. The topological polar surface area (TPSA) is 84.6 Å². The lowest BCUT2D eigenvalue weighted by Gasteiger charge is -2.18. The summed E-state index contributed by atoms with van der Waals surface area (Å²) in [6.45, 7) is 3.38. The van der Waals surface area contributed by atoms with Gasteiger partial charge in [0, 0.05) is 6.54 Å². The van der Waals surface area contributed by atoms with Crippen LogP contribution in [0.4, 0.5) is 5.69 Å². The SMILES string of the molecule is COc1cccc(C(=O)NCC(C)(C)O)c1N. The van der Waals surface area contributed by atoms with Gasteiger partial charge in [-0.15, -0.1) is 0 Å². The second-order valence-corrected chi connectivity index (χ2v) is 4.42. The molecule has 0 unspecified atom stereocenters. The van der Waals surface area contributed by atoms with Crippen molar-refractivity contribution in [2.45, 2.75) is 19.4 Å². The number of aliphatic hydroxyl groups is 1. The van der Waals surface area contributed by atoms with Crippen LogP contribution in [0.2, 0.25) is 0 Å². The van der Waals surface area contributed by atoms with Gasteiger partial charge in [0.2, 0.25) is 0 Å². The van der Waals surface area contributed by atoms with Crippen LogP contribution in [0, 0.1) is 0 Å². The molecule has 0 aromatic heterocycles. The minimum absolute atomic E-state index is 0.155. The van der Waals surface area contributed by atoms with Crippen molar-refractivity contribution in [1.29, 1.82) is 0 Å². The highest BCUT2D eigenvalue weighted by Gasteiger charge is 2.17. The fourth-order valence-electron chi connectivity index (χ4n) is 1.31. The molecular weight excluding hydrogens is 220 g/mol. The number of carbonyl (C=O) groups is 1. The van der Waals surface area contributed by atoms with E-state index in [2.05, 4.69) is 5.32 Å². The van der Waals surface area contributed by atoms with Crippen molar-refractivity contribution in [2.24, 2.45) is 0 Å². The van der Waals surface area contributed by atoms with Gasteiger partial charge in [0.25, 0.3) is 5.91 Å². The number of ether oxygens (including phenoxy) is 1. The molecule has 0 atom stereocenters. The molecule has 0 fully saturated rings. The normalized spacial score (nSPS) is 11.1. The van der Waals surface area contributed by atoms with E-state index in [0.717, 1.165) is 0 Å². The number of hydrogen-bond donors (Lipinski definition) is 3. The van der Waals surface area contributed by atoms with Gasteiger partial charge in [-0.05, 0) is 26.0 Å². The molecule has 0 heterocycles. The number of benzene rings is 1. The summed E-state index contributed by atoms with van der Waals surface area (Å²) in [5, 5.41) is 12.1. The molecule has 0 bridgehead atoms. The molecular formula is C12H18N2O3. The summed E-state index contributed by atoms with van der Waals surface area (Å²) >= 11 is 0. The molecule has 94 valence electrons. The smallest absolute Gasteiger partial charge is 0.253 e. The first-order valence-corrected chi connectivity index (χ1v) is 5.28. The van der Waals surface area contributed by atoms with Crippen LogP contribution in [0.3, 0.4) is 0 Å². The quantitative estimate of drug-likeness (QED) is 0.677. The number of anilines is 1. The van der Waals surface area contributed by atoms with Crippen molar-refractivity contribution in [2.75, 3.05) is 19.4 Å². The van der Waals surface area contributed by atoms with Crippen molar-refractivity contribution >= 4 is 11.6 Å². The van der Waals surface area contributed by atoms with Crippen LogP contribution < -0.4 is 15.8 Å². The van der Waals surface area contributed by atoms with E-state index in [1.165, 1.54) is 7.11 Å². The second-order valence-electron chi connectivity index (χ2n) is 4.42. The number of hydrogen-bond acceptors (Lipinski definition) is 4. The molecule has 0 saturated heterocycles. The Balaban J connectivity index is 2.83. The van der Waals surface area contributed by atoms with E-state index >= 15 is 0 Å². The fourth-order valence-corrected chi connectivity index (χ4v) is 1.31. The molecule has 0 aliphatic heterocycles. The molecule has 0 radical (unpaired) electrons. The van der Waals surface area contributed by atoms with Crippen LogP contribution >= 0.6 is 0 Å². The third-order valence-electron chi connectivity index (χ3n) is 2.21. The predicted molar refractivity (Wildman–Crippen MR) is 66.0 cm³/mol. The van der Waals surface area contributed by atoms with Crippen LogP contribution in [0.25, 0.3) is 0 Å². The monoisotopic (exact) mass is 238 g/mol. The zero-order valence-electron chi connectivity index (χ0n) is 10.3. The van der Waals surface area contributed by atoms with Gasteiger partial charge in [0.15, 0.2) is 0 Å². The van der Waals surface area contributed by atoms with Crippen LogP contribution in [-0.2, 0) is 0 Å². The van der Waals surface area contributed by atoms with E-state index in [4.69, 9.17) is 10.5 Å². The Kier molecular flexibility index (Phi) is 3.96. The maximum Gasteiger partial charge on any atom is 0.253 e. The number of carbonyl (C=O) groups excluding carboxylic acids is 1. The van der Waals surface area contributed by atoms with Gasteiger partial charge in [0.1, 0.15) is 5.75 Å².